The lowest BCUT2D eigenvalue weighted by atomic mass is 9.77. The Hall–Kier alpha value is -5.87. The molecule has 59 heavy (non-hydrogen) atoms. The molecule has 0 spiro atoms. The number of fused-ring (bicyclic) bond motifs is 1. The Bertz CT molecular complexity index is 2430. The fourth-order valence-electron chi connectivity index (χ4n) is 8.82. The zero-order valence-corrected chi connectivity index (χ0v) is 35.1. The van der Waals surface area contributed by atoms with E-state index in [2.05, 4.69) is 70.5 Å². The molecule has 0 aliphatic heterocycles. The van der Waals surface area contributed by atoms with Gasteiger partial charge in [-0.2, -0.15) is 0 Å². The molecule has 7 aromatic rings. The molecule has 300 valence electrons. The van der Waals surface area contributed by atoms with Crippen molar-refractivity contribution in [1.29, 1.82) is 0 Å². The second-order valence-electron chi connectivity index (χ2n) is 15.4. The summed E-state index contributed by atoms with van der Waals surface area (Å²) in [7, 11) is 0. The summed E-state index contributed by atoms with van der Waals surface area (Å²) in [5.74, 6) is 1.06. The Morgan fingerprint density at radius 1 is 0.814 bits per heavy atom. The van der Waals surface area contributed by atoms with E-state index in [1.165, 1.54) is 0 Å². The third-order valence-corrected chi connectivity index (χ3v) is 12.5. The topological polar surface area (TPSA) is 103 Å². The number of hydrogen-bond acceptors (Lipinski definition) is 7. The zero-order chi connectivity index (χ0) is 40.8. The number of benzene rings is 5. The van der Waals surface area contributed by atoms with Gasteiger partial charge in [0, 0.05) is 36.0 Å². The van der Waals surface area contributed by atoms with Crippen LogP contribution in [0.1, 0.15) is 81.0 Å². The van der Waals surface area contributed by atoms with Crippen molar-refractivity contribution in [2.75, 3.05) is 13.2 Å². The predicted octanol–water partition coefficient (Wildman–Crippen LogP) is 11.0. The van der Waals surface area contributed by atoms with E-state index in [4.69, 9.17) is 19.5 Å². The molecule has 5 aromatic carbocycles. The van der Waals surface area contributed by atoms with Gasteiger partial charge < -0.3 is 14.1 Å². The number of unbranched alkanes of at least 4 members (excludes halogenated alkanes) is 1. The summed E-state index contributed by atoms with van der Waals surface area (Å²) >= 11 is 3.94. The van der Waals surface area contributed by atoms with Crippen LogP contribution in [0.3, 0.4) is 0 Å². The highest BCUT2D eigenvalue weighted by Crippen LogP contribution is 2.46. The van der Waals surface area contributed by atoms with E-state index >= 15 is 0 Å². The van der Waals surface area contributed by atoms with Crippen molar-refractivity contribution in [3.05, 3.63) is 160 Å². The summed E-state index contributed by atoms with van der Waals surface area (Å²) in [4.78, 5) is 29.0. The van der Waals surface area contributed by atoms with Gasteiger partial charge in [-0.25, -0.2) is 4.68 Å². The molecular formula is C49H48BrN5O4. The highest BCUT2D eigenvalue weighted by molar-refractivity contribution is 9.10. The van der Waals surface area contributed by atoms with E-state index in [1.54, 1.807) is 0 Å². The highest BCUT2D eigenvalue weighted by atomic mass is 79.9. The Morgan fingerprint density at radius 3 is 2.00 bits per heavy atom. The van der Waals surface area contributed by atoms with Gasteiger partial charge in [-0.15, -0.1) is 5.10 Å². The molecule has 2 heterocycles. The van der Waals surface area contributed by atoms with Crippen LogP contribution in [0.5, 0.6) is 0 Å². The van der Waals surface area contributed by atoms with Gasteiger partial charge in [0.1, 0.15) is 16.9 Å². The van der Waals surface area contributed by atoms with Crippen molar-refractivity contribution >= 4 is 38.8 Å². The minimum atomic E-state index is -0.930. The molecule has 2 aromatic heterocycles. The van der Waals surface area contributed by atoms with E-state index in [0.29, 0.717) is 43.3 Å². The maximum absolute atomic E-state index is 13.8. The van der Waals surface area contributed by atoms with E-state index in [0.717, 1.165) is 81.8 Å². The number of ether oxygens (including phenoxy) is 1. The molecule has 0 unspecified atom stereocenters. The quantitative estimate of drug-likeness (QED) is 0.0747. The fraction of sp³-hybridized carbons (Fsp3) is 0.286. The largest absolute Gasteiger partial charge is 0.466 e. The number of carbonyl (C=O) groups excluding carboxylic acids is 2. The Kier molecular flexibility index (Phi) is 11.9. The number of aromatic nitrogens is 4. The molecule has 0 bridgehead atoms. The SMILES string of the molecule is CCCCC(=O)N(Cc1ccc2oc(-c3ccccc3-c3nnnn3C(c3ccccc3)(c3ccccc3)c3ccccc3)c(Br)c2c1)CC1(C(=O)OCC)CCCC1. The number of carbonyl (C=O) groups is 2. The number of nitrogens with zero attached hydrogens (tertiary/aromatic N) is 5. The van der Waals surface area contributed by atoms with E-state index in [-0.39, 0.29) is 11.9 Å². The van der Waals surface area contributed by atoms with Crippen LogP contribution < -0.4 is 0 Å². The monoisotopic (exact) mass is 849 g/mol. The van der Waals surface area contributed by atoms with Crippen LogP contribution in [0, 0.1) is 5.41 Å². The van der Waals surface area contributed by atoms with Gasteiger partial charge in [-0.05, 0) is 86.9 Å². The summed E-state index contributed by atoms with van der Waals surface area (Å²) in [6.45, 7) is 4.97. The van der Waals surface area contributed by atoms with Gasteiger partial charge in [0.15, 0.2) is 5.82 Å². The summed E-state index contributed by atoms with van der Waals surface area (Å²) in [5.41, 5.74) is 4.65. The minimum Gasteiger partial charge on any atom is -0.466 e. The normalized spacial score (nSPS) is 13.7. The second-order valence-corrected chi connectivity index (χ2v) is 16.2. The Morgan fingerprint density at radius 2 is 1.41 bits per heavy atom. The lowest BCUT2D eigenvalue weighted by Crippen LogP contribution is -2.44. The summed E-state index contributed by atoms with van der Waals surface area (Å²) in [6, 6.07) is 45.1. The van der Waals surface area contributed by atoms with Gasteiger partial charge in [-0.1, -0.05) is 148 Å². The van der Waals surface area contributed by atoms with Crippen molar-refractivity contribution in [3.8, 4) is 22.7 Å². The van der Waals surface area contributed by atoms with Crippen molar-refractivity contribution < 1.29 is 18.7 Å². The smallest absolute Gasteiger partial charge is 0.313 e. The van der Waals surface area contributed by atoms with Gasteiger partial charge in [0.2, 0.25) is 5.91 Å². The van der Waals surface area contributed by atoms with Gasteiger partial charge >= 0.3 is 5.97 Å². The van der Waals surface area contributed by atoms with E-state index < -0.39 is 11.0 Å². The van der Waals surface area contributed by atoms with Gasteiger partial charge in [-0.3, -0.25) is 9.59 Å². The van der Waals surface area contributed by atoms with Crippen LogP contribution in [-0.2, 0) is 26.4 Å². The second kappa shape index (κ2) is 17.5. The number of amides is 1. The van der Waals surface area contributed by atoms with Crippen molar-refractivity contribution in [3.63, 3.8) is 0 Å². The predicted molar refractivity (Wildman–Crippen MR) is 233 cm³/mol. The minimum absolute atomic E-state index is 0.0544. The van der Waals surface area contributed by atoms with Crippen LogP contribution >= 0.6 is 15.9 Å². The number of tetrazole rings is 1. The van der Waals surface area contributed by atoms with E-state index in [1.807, 2.05) is 108 Å². The van der Waals surface area contributed by atoms with Crippen LogP contribution in [0.25, 0.3) is 33.7 Å². The first-order valence-corrected chi connectivity index (χ1v) is 21.4. The van der Waals surface area contributed by atoms with Crippen molar-refractivity contribution in [2.24, 2.45) is 5.41 Å². The number of esters is 1. The molecule has 8 rings (SSSR count). The summed E-state index contributed by atoms with van der Waals surface area (Å²) in [6.07, 6.45) is 5.50. The molecule has 0 saturated heterocycles. The number of hydrogen-bond donors (Lipinski definition) is 0. The van der Waals surface area contributed by atoms with Gasteiger partial charge in [0.05, 0.1) is 16.5 Å². The highest BCUT2D eigenvalue weighted by Gasteiger charge is 2.45. The molecule has 0 N–H and O–H groups in total. The zero-order valence-electron chi connectivity index (χ0n) is 33.5. The fourth-order valence-corrected chi connectivity index (χ4v) is 9.42. The van der Waals surface area contributed by atoms with Crippen molar-refractivity contribution in [2.45, 2.75) is 70.9 Å². The number of furan rings is 1. The van der Waals surface area contributed by atoms with E-state index in [9.17, 15) is 9.59 Å². The molecular weight excluding hydrogens is 802 g/mol. The molecule has 1 fully saturated rings. The average Bonchev–Trinajstić information content (AvgIpc) is 4.04. The third-order valence-electron chi connectivity index (χ3n) is 11.7. The maximum Gasteiger partial charge on any atom is 0.313 e. The van der Waals surface area contributed by atoms with Crippen LogP contribution in [0.4, 0.5) is 0 Å². The van der Waals surface area contributed by atoms with Crippen LogP contribution in [0.15, 0.2) is 142 Å². The lowest BCUT2D eigenvalue weighted by molar-refractivity contribution is -0.157. The van der Waals surface area contributed by atoms with Crippen molar-refractivity contribution in [1.82, 2.24) is 25.1 Å². The molecule has 1 aliphatic carbocycles. The number of halogens is 1. The van der Waals surface area contributed by atoms with Crippen LogP contribution in [0.2, 0.25) is 0 Å². The molecule has 1 amide bonds. The maximum atomic E-state index is 13.8. The molecule has 1 saturated carbocycles. The first-order valence-electron chi connectivity index (χ1n) is 20.6. The van der Waals surface area contributed by atoms with Gasteiger partial charge in [0.25, 0.3) is 0 Å². The third kappa shape index (κ3) is 7.62. The first kappa shape index (κ1) is 39.9. The summed E-state index contributed by atoms with van der Waals surface area (Å²) in [5, 5.41) is 14.7. The summed E-state index contributed by atoms with van der Waals surface area (Å²) < 4.78 is 15.0. The molecule has 0 atom stereocenters. The Labute approximate surface area is 353 Å². The first-order chi connectivity index (χ1) is 28.9. The molecule has 9 nitrogen and oxygen atoms in total. The molecule has 10 heteroatoms. The standard InChI is InChI=1S/C49H48BrN5O4/c1-3-5-27-43(56)54(34-48(30-17-18-31-48)47(57)58-4-2)33-35-28-29-42-41(32-35)44(50)45(59-42)39-25-15-16-26-40(39)46-51-52-53-55(46)49(36-19-9-6-10-20-36,37-21-11-7-12-22-37)38-23-13-8-14-24-38/h6-16,19-26,28-29,32H,3-5,17-18,27,30-31,33-34H2,1-2H3. The number of rotatable bonds is 15. The molecule has 0 radical (unpaired) electrons. The lowest BCUT2D eigenvalue weighted by Gasteiger charge is -2.36. The average molecular weight is 851 g/mol. The van der Waals surface area contributed by atoms with Crippen LogP contribution in [-0.4, -0.2) is 50.1 Å². The Balaban J connectivity index is 1.21. The molecule has 1 aliphatic rings.